The lowest BCUT2D eigenvalue weighted by molar-refractivity contribution is 0.200. The Morgan fingerprint density at radius 1 is 1.12 bits per heavy atom. The molecular weight excluding hydrogens is 317 g/mol. The van der Waals surface area contributed by atoms with Gasteiger partial charge in [0.15, 0.2) is 0 Å². The molecule has 1 heterocycles. The SMILES string of the molecule is Cc1ccc(N2CCN(C(=O)Nc3ccc(C)c(F)c3)C[C@H]2C)cc1. The van der Waals surface area contributed by atoms with Gasteiger partial charge in [0.2, 0.25) is 0 Å². The fourth-order valence-electron chi connectivity index (χ4n) is 3.14. The van der Waals surface area contributed by atoms with E-state index in [2.05, 4.69) is 48.3 Å². The van der Waals surface area contributed by atoms with E-state index in [0.29, 0.717) is 24.3 Å². The highest BCUT2D eigenvalue weighted by Gasteiger charge is 2.27. The number of hydrogen-bond acceptors (Lipinski definition) is 2. The summed E-state index contributed by atoms with van der Waals surface area (Å²) in [6, 6.07) is 13.2. The van der Waals surface area contributed by atoms with Crippen molar-refractivity contribution in [2.24, 2.45) is 0 Å². The smallest absolute Gasteiger partial charge is 0.321 e. The predicted octanol–water partition coefficient (Wildman–Crippen LogP) is 4.19. The molecular formula is C20H24FN3O. The Balaban J connectivity index is 1.62. The van der Waals surface area contributed by atoms with Crippen molar-refractivity contribution in [2.45, 2.75) is 26.8 Å². The van der Waals surface area contributed by atoms with Crippen LogP contribution in [-0.4, -0.2) is 36.6 Å². The molecule has 0 aliphatic carbocycles. The van der Waals surface area contributed by atoms with Crippen LogP contribution < -0.4 is 10.2 Å². The molecule has 2 aromatic carbocycles. The Morgan fingerprint density at radius 3 is 2.48 bits per heavy atom. The van der Waals surface area contributed by atoms with Gasteiger partial charge in [0.25, 0.3) is 0 Å². The van der Waals surface area contributed by atoms with Crippen molar-refractivity contribution in [3.8, 4) is 0 Å². The van der Waals surface area contributed by atoms with Crippen LogP contribution in [0.2, 0.25) is 0 Å². The second kappa shape index (κ2) is 7.13. The molecule has 0 spiro atoms. The molecule has 2 aromatic rings. The molecule has 25 heavy (non-hydrogen) atoms. The molecule has 0 unspecified atom stereocenters. The van der Waals surface area contributed by atoms with E-state index in [9.17, 15) is 9.18 Å². The van der Waals surface area contributed by atoms with E-state index in [0.717, 1.165) is 6.54 Å². The van der Waals surface area contributed by atoms with E-state index in [1.165, 1.54) is 17.3 Å². The molecule has 3 rings (SSSR count). The van der Waals surface area contributed by atoms with Gasteiger partial charge < -0.3 is 15.1 Å². The largest absolute Gasteiger partial charge is 0.365 e. The summed E-state index contributed by atoms with van der Waals surface area (Å²) in [4.78, 5) is 16.6. The van der Waals surface area contributed by atoms with Gasteiger partial charge in [0.05, 0.1) is 0 Å². The second-order valence-corrected chi connectivity index (χ2v) is 6.72. The van der Waals surface area contributed by atoms with Gasteiger partial charge in [0, 0.05) is 37.1 Å². The normalized spacial score (nSPS) is 17.5. The van der Waals surface area contributed by atoms with Crippen molar-refractivity contribution in [3.63, 3.8) is 0 Å². The molecule has 1 atom stereocenters. The summed E-state index contributed by atoms with van der Waals surface area (Å²) in [5.74, 6) is -0.310. The van der Waals surface area contributed by atoms with E-state index in [4.69, 9.17) is 0 Å². The quantitative estimate of drug-likeness (QED) is 0.889. The zero-order chi connectivity index (χ0) is 18.0. The minimum atomic E-state index is -0.310. The van der Waals surface area contributed by atoms with Crippen LogP contribution in [0.1, 0.15) is 18.1 Å². The molecule has 1 aliphatic heterocycles. The maximum atomic E-state index is 13.6. The summed E-state index contributed by atoms with van der Waals surface area (Å²) in [7, 11) is 0. The molecule has 4 nitrogen and oxygen atoms in total. The lowest BCUT2D eigenvalue weighted by Crippen LogP contribution is -2.54. The number of carbonyl (C=O) groups excluding carboxylic acids is 1. The van der Waals surface area contributed by atoms with Crippen LogP contribution in [0.5, 0.6) is 0 Å². The standard InChI is InChI=1S/C20H24FN3O/c1-14-4-8-18(9-5-14)24-11-10-23(13-16(24)3)20(25)22-17-7-6-15(2)19(21)12-17/h4-9,12,16H,10-11,13H2,1-3H3,(H,22,25)/t16-/m1/s1. The topological polar surface area (TPSA) is 35.6 Å². The first-order valence-electron chi connectivity index (χ1n) is 8.59. The first kappa shape index (κ1) is 17.3. The van der Waals surface area contributed by atoms with Crippen LogP contribution in [0, 0.1) is 19.7 Å². The molecule has 1 N–H and O–H groups in total. The average molecular weight is 341 g/mol. The first-order chi connectivity index (χ1) is 11.9. The van der Waals surface area contributed by atoms with Gasteiger partial charge in [-0.1, -0.05) is 23.8 Å². The van der Waals surface area contributed by atoms with Crippen molar-refractivity contribution in [2.75, 3.05) is 29.9 Å². The molecule has 0 bridgehead atoms. The van der Waals surface area contributed by atoms with Gasteiger partial charge in [-0.15, -0.1) is 0 Å². The lowest BCUT2D eigenvalue weighted by atomic mass is 10.1. The number of benzene rings is 2. The summed E-state index contributed by atoms with van der Waals surface area (Å²) >= 11 is 0. The maximum Gasteiger partial charge on any atom is 0.321 e. The van der Waals surface area contributed by atoms with Crippen LogP contribution in [0.25, 0.3) is 0 Å². The highest BCUT2D eigenvalue weighted by atomic mass is 19.1. The van der Waals surface area contributed by atoms with Gasteiger partial charge in [-0.3, -0.25) is 0 Å². The zero-order valence-electron chi connectivity index (χ0n) is 14.9. The van der Waals surface area contributed by atoms with E-state index < -0.39 is 0 Å². The Hall–Kier alpha value is -2.56. The van der Waals surface area contributed by atoms with Crippen LogP contribution in [-0.2, 0) is 0 Å². The molecule has 1 aliphatic rings. The van der Waals surface area contributed by atoms with E-state index in [1.807, 2.05) is 0 Å². The Morgan fingerprint density at radius 2 is 1.84 bits per heavy atom. The molecule has 2 amide bonds. The number of halogens is 1. The number of carbonyl (C=O) groups is 1. The van der Waals surface area contributed by atoms with E-state index in [1.54, 1.807) is 24.0 Å². The highest BCUT2D eigenvalue weighted by Crippen LogP contribution is 2.22. The number of hydrogen-bond donors (Lipinski definition) is 1. The van der Waals surface area contributed by atoms with Crippen molar-refractivity contribution >= 4 is 17.4 Å². The van der Waals surface area contributed by atoms with Crippen LogP contribution >= 0.6 is 0 Å². The number of anilines is 2. The molecule has 1 saturated heterocycles. The van der Waals surface area contributed by atoms with Crippen molar-refractivity contribution in [1.82, 2.24) is 4.90 Å². The van der Waals surface area contributed by atoms with Gasteiger partial charge in [-0.05, 0) is 50.6 Å². The number of piperazine rings is 1. The Bertz CT molecular complexity index is 760. The summed E-state index contributed by atoms with van der Waals surface area (Å²) in [5, 5.41) is 2.79. The number of nitrogens with zero attached hydrogens (tertiary/aromatic N) is 2. The van der Waals surface area contributed by atoms with Gasteiger partial charge in [0.1, 0.15) is 5.82 Å². The van der Waals surface area contributed by atoms with Crippen molar-refractivity contribution in [1.29, 1.82) is 0 Å². The van der Waals surface area contributed by atoms with Gasteiger partial charge >= 0.3 is 6.03 Å². The minimum Gasteiger partial charge on any atom is -0.365 e. The van der Waals surface area contributed by atoms with E-state index >= 15 is 0 Å². The molecule has 132 valence electrons. The van der Waals surface area contributed by atoms with Crippen molar-refractivity contribution < 1.29 is 9.18 Å². The maximum absolute atomic E-state index is 13.6. The number of nitrogens with one attached hydrogen (secondary N) is 1. The number of amides is 2. The van der Waals surface area contributed by atoms with Crippen LogP contribution in [0.3, 0.4) is 0 Å². The van der Waals surface area contributed by atoms with E-state index in [-0.39, 0.29) is 17.9 Å². The second-order valence-electron chi connectivity index (χ2n) is 6.72. The van der Waals surface area contributed by atoms with Gasteiger partial charge in [-0.25, -0.2) is 9.18 Å². The highest BCUT2D eigenvalue weighted by molar-refractivity contribution is 5.89. The fourth-order valence-corrected chi connectivity index (χ4v) is 3.14. The average Bonchev–Trinajstić information content (AvgIpc) is 2.59. The third-order valence-corrected chi connectivity index (χ3v) is 4.70. The van der Waals surface area contributed by atoms with Crippen molar-refractivity contribution in [3.05, 3.63) is 59.4 Å². The predicted molar refractivity (Wildman–Crippen MR) is 99.7 cm³/mol. The van der Waals surface area contributed by atoms with Crippen LogP contribution in [0.4, 0.5) is 20.6 Å². The fraction of sp³-hybridized carbons (Fsp3) is 0.350. The summed E-state index contributed by atoms with van der Waals surface area (Å²) < 4.78 is 13.6. The minimum absolute atomic E-state index is 0.182. The first-order valence-corrected chi connectivity index (χ1v) is 8.59. The third-order valence-electron chi connectivity index (χ3n) is 4.70. The lowest BCUT2D eigenvalue weighted by Gasteiger charge is -2.41. The number of rotatable bonds is 2. The number of urea groups is 1. The third kappa shape index (κ3) is 3.92. The summed E-state index contributed by atoms with van der Waals surface area (Å²) in [5.41, 5.74) is 3.47. The Kier molecular flexibility index (Phi) is 4.93. The van der Waals surface area contributed by atoms with Crippen LogP contribution in [0.15, 0.2) is 42.5 Å². The summed E-state index contributed by atoms with van der Waals surface area (Å²) in [6.45, 7) is 7.94. The Labute approximate surface area is 148 Å². The molecule has 0 saturated carbocycles. The number of aryl methyl sites for hydroxylation is 2. The van der Waals surface area contributed by atoms with Gasteiger partial charge in [-0.2, -0.15) is 0 Å². The molecule has 1 fully saturated rings. The molecule has 5 heteroatoms. The molecule has 0 aromatic heterocycles. The monoisotopic (exact) mass is 341 g/mol. The zero-order valence-corrected chi connectivity index (χ0v) is 14.9. The molecule has 0 radical (unpaired) electrons. The summed E-state index contributed by atoms with van der Waals surface area (Å²) in [6.07, 6.45) is 0.